The van der Waals surface area contributed by atoms with Gasteiger partial charge in [-0.1, -0.05) is 30.3 Å². The second-order valence-corrected chi connectivity index (χ2v) is 9.32. The number of aryl methyl sites for hydroxylation is 1. The summed E-state index contributed by atoms with van der Waals surface area (Å²) in [5, 5.41) is 2.92. The van der Waals surface area contributed by atoms with E-state index in [4.69, 9.17) is 9.47 Å². The minimum absolute atomic E-state index is 0.0486. The molecule has 0 unspecified atom stereocenters. The van der Waals surface area contributed by atoms with E-state index in [-0.39, 0.29) is 12.2 Å². The van der Waals surface area contributed by atoms with E-state index in [1.54, 1.807) is 4.40 Å². The maximum atomic E-state index is 12.9. The third kappa shape index (κ3) is 4.06. The first kappa shape index (κ1) is 20.9. The minimum atomic E-state index is -0.420. The summed E-state index contributed by atoms with van der Waals surface area (Å²) in [6, 6.07) is 13.3. The number of rotatable bonds is 5. The van der Waals surface area contributed by atoms with Crippen molar-refractivity contribution in [3.05, 3.63) is 74.5 Å². The fourth-order valence-electron chi connectivity index (χ4n) is 3.69. The Morgan fingerprint density at radius 1 is 1.19 bits per heavy atom. The van der Waals surface area contributed by atoms with Crippen LogP contribution in [0.3, 0.4) is 0 Å². The Bertz CT molecular complexity index is 1320. The van der Waals surface area contributed by atoms with Crippen LogP contribution in [-0.4, -0.2) is 41.7 Å². The van der Waals surface area contributed by atoms with Gasteiger partial charge in [-0.15, -0.1) is 22.7 Å². The number of esters is 1. The average Bonchev–Trinajstić information content (AvgIpc) is 3.43. The van der Waals surface area contributed by atoms with Crippen molar-refractivity contribution in [2.24, 2.45) is 0 Å². The van der Waals surface area contributed by atoms with Crippen molar-refractivity contribution in [3.8, 4) is 11.1 Å². The lowest BCUT2D eigenvalue weighted by molar-refractivity contribution is 0.0473. The molecule has 0 bridgehead atoms. The van der Waals surface area contributed by atoms with E-state index in [1.807, 2.05) is 48.7 Å². The monoisotopic (exact) mass is 467 g/mol. The van der Waals surface area contributed by atoms with Gasteiger partial charge >= 0.3 is 5.97 Å². The molecule has 9 heteroatoms. The Balaban J connectivity index is 1.40. The molecule has 7 nitrogen and oxygen atoms in total. The molecule has 1 fully saturated rings. The van der Waals surface area contributed by atoms with Gasteiger partial charge in [-0.3, -0.25) is 9.20 Å². The van der Waals surface area contributed by atoms with Gasteiger partial charge in [0.2, 0.25) is 0 Å². The molecule has 0 amide bonds. The SMILES string of the molecule is Cc1csc2nc(COC(=O)c3cc(-c4ccccc4)c(N4CCOCC4)s3)cc(=O)n12. The number of hydrogen-bond donors (Lipinski definition) is 0. The van der Waals surface area contributed by atoms with E-state index in [1.165, 1.54) is 28.7 Å². The zero-order valence-electron chi connectivity index (χ0n) is 17.4. The van der Waals surface area contributed by atoms with Gasteiger partial charge in [0.25, 0.3) is 5.56 Å². The first-order valence-electron chi connectivity index (χ1n) is 10.3. The second kappa shape index (κ2) is 8.85. The van der Waals surface area contributed by atoms with Gasteiger partial charge in [-0.25, -0.2) is 9.78 Å². The highest BCUT2D eigenvalue weighted by atomic mass is 32.1. The van der Waals surface area contributed by atoms with Crippen molar-refractivity contribution >= 4 is 38.6 Å². The number of anilines is 1. The molecular weight excluding hydrogens is 446 g/mol. The molecule has 1 aromatic carbocycles. The smallest absolute Gasteiger partial charge is 0.348 e. The summed E-state index contributed by atoms with van der Waals surface area (Å²) in [5.41, 5.74) is 3.18. The summed E-state index contributed by atoms with van der Waals surface area (Å²) in [7, 11) is 0. The van der Waals surface area contributed by atoms with Gasteiger partial charge in [0, 0.05) is 35.8 Å². The highest BCUT2D eigenvalue weighted by Gasteiger charge is 2.23. The Hall–Kier alpha value is -3.01. The number of aromatic nitrogens is 2. The molecule has 4 heterocycles. The quantitative estimate of drug-likeness (QED) is 0.413. The van der Waals surface area contributed by atoms with Crippen LogP contribution in [0, 0.1) is 6.92 Å². The predicted molar refractivity (Wildman–Crippen MR) is 126 cm³/mol. The van der Waals surface area contributed by atoms with Crippen LogP contribution in [0.1, 0.15) is 21.1 Å². The largest absolute Gasteiger partial charge is 0.455 e. The zero-order valence-corrected chi connectivity index (χ0v) is 19.1. The summed E-state index contributed by atoms with van der Waals surface area (Å²) in [6.45, 7) is 4.70. The van der Waals surface area contributed by atoms with Crippen molar-refractivity contribution in [2.75, 3.05) is 31.2 Å². The molecule has 32 heavy (non-hydrogen) atoms. The van der Waals surface area contributed by atoms with E-state index in [9.17, 15) is 9.59 Å². The molecule has 1 saturated heterocycles. The summed E-state index contributed by atoms with van der Waals surface area (Å²) in [6.07, 6.45) is 0. The number of benzene rings is 1. The summed E-state index contributed by atoms with van der Waals surface area (Å²) in [5.74, 6) is -0.420. The van der Waals surface area contributed by atoms with E-state index < -0.39 is 5.97 Å². The third-order valence-electron chi connectivity index (χ3n) is 5.28. The standard InChI is InChI=1S/C23H21N3O4S2/c1-15-14-31-23-24-17(11-20(27)26(15)23)13-30-22(28)19-12-18(16-5-3-2-4-6-16)21(32-19)25-7-9-29-10-8-25/h2-6,11-12,14H,7-10,13H2,1H3. The third-order valence-corrected chi connectivity index (χ3v) is 7.40. The van der Waals surface area contributed by atoms with Crippen LogP contribution in [0.5, 0.6) is 0 Å². The summed E-state index contributed by atoms with van der Waals surface area (Å²) < 4.78 is 12.6. The summed E-state index contributed by atoms with van der Waals surface area (Å²) >= 11 is 2.81. The molecule has 1 aliphatic rings. The van der Waals surface area contributed by atoms with Crippen molar-refractivity contribution in [1.82, 2.24) is 9.38 Å². The lowest BCUT2D eigenvalue weighted by atomic mass is 10.1. The Morgan fingerprint density at radius 3 is 2.75 bits per heavy atom. The Labute approximate surface area is 192 Å². The Morgan fingerprint density at radius 2 is 1.97 bits per heavy atom. The number of thiazole rings is 1. The van der Waals surface area contributed by atoms with Crippen molar-refractivity contribution in [3.63, 3.8) is 0 Å². The molecular formula is C23H21N3O4S2. The molecule has 1 aliphatic heterocycles. The minimum Gasteiger partial charge on any atom is -0.455 e. The molecule has 0 spiro atoms. The van der Waals surface area contributed by atoms with Gasteiger partial charge in [-0.2, -0.15) is 0 Å². The number of hydrogen-bond acceptors (Lipinski definition) is 8. The second-order valence-electron chi connectivity index (χ2n) is 7.45. The van der Waals surface area contributed by atoms with Crippen LogP contribution >= 0.6 is 22.7 Å². The van der Waals surface area contributed by atoms with Crippen LogP contribution in [0.2, 0.25) is 0 Å². The maximum Gasteiger partial charge on any atom is 0.348 e. The number of carbonyl (C=O) groups is 1. The maximum absolute atomic E-state index is 12.9. The molecule has 0 N–H and O–H groups in total. The number of carbonyl (C=O) groups excluding carboxylic acids is 1. The van der Waals surface area contributed by atoms with Gasteiger partial charge in [0.15, 0.2) is 4.96 Å². The van der Waals surface area contributed by atoms with Crippen LogP contribution < -0.4 is 10.5 Å². The van der Waals surface area contributed by atoms with Crippen LogP contribution in [-0.2, 0) is 16.1 Å². The number of thiophene rings is 1. The highest BCUT2D eigenvalue weighted by molar-refractivity contribution is 7.18. The first-order valence-corrected chi connectivity index (χ1v) is 12.0. The van der Waals surface area contributed by atoms with Gasteiger partial charge < -0.3 is 14.4 Å². The molecule has 3 aromatic heterocycles. The molecule has 164 valence electrons. The number of ether oxygens (including phenoxy) is 2. The zero-order chi connectivity index (χ0) is 22.1. The molecule has 0 aliphatic carbocycles. The van der Waals surface area contributed by atoms with Crippen LogP contribution in [0.15, 0.2) is 52.6 Å². The molecule has 4 aromatic rings. The normalized spacial score (nSPS) is 14.1. The molecule has 0 saturated carbocycles. The van der Waals surface area contributed by atoms with Crippen LogP contribution in [0.25, 0.3) is 16.1 Å². The fraction of sp³-hybridized carbons (Fsp3) is 0.261. The lowest BCUT2D eigenvalue weighted by Crippen LogP contribution is -2.35. The first-order chi connectivity index (χ1) is 15.6. The van der Waals surface area contributed by atoms with E-state index >= 15 is 0 Å². The van der Waals surface area contributed by atoms with Gasteiger partial charge in [0.05, 0.1) is 23.9 Å². The van der Waals surface area contributed by atoms with Gasteiger partial charge in [0.1, 0.15) is 11.5 Å². The van der Waals surface area contributed by atoms with Crippen molar-refractivity contribution in [2.45, 2.75) is 13.5 Å². The Kier molecular flexibility index (Phi) is 5.77. The number of morpholine rings is 1. The number of fused-ring (bicyclic) bond motifs is 1. The molecule has 5 rings (SSSR count). The van der Waals surface area contributed by atoms with E-state index in [2.05, 4.69) is 9.88 Å². The van der Waals surface area contributed by atoms with Gasteiger partial charge in [-0.05, 0) is 18.6 Å². The number of nitrogens with zero attached hydrogens (tertiary/aromatic N) is 3. The average molecular weight is 468 g/mol. The molecule has 0 atom stereocenters. The summed E-state index contributed by atoms with van der Waals surface area (Å²) in [4.78, 5) is 33.1. The van der Waals surface area contributed by atoms with E-state index in [0.29, 0.717) is 28.7 Å². The van der Waals surface area contributed by atoms with Crippen LogP contribution in [0.4, 0.5) is 5.00 Å². The topological polar surface area (TPSA) is 73.1 Å². The van der Waals surface area contributed by atoms with Crippen molar-refractivity contribution in [1.29, 1.82) is 0 Å². The predicted octanol–water partition coefficient (Wildman–Crippen LogP) is 3.99. The van der Waals surface area contributed by atoms with E-state index in [0.717, 1.165) is 34.9 Å². The fourth-order valence-corrected chi connectivity index (χ4v) is 5.71. The lowest BCUT2D eigenvalue weighted by Gasteiger charge is -2.28. The highest BCUT2D eigenvalue weighted by Crippen LogP contribution is 2.39. The van der Waals surface area contributed by atoms with Crippen molar-refractivity contribution < 1.29 is 14.3 Å². The molecule has 0 radical (unpaired) electrons.